The molecule has 0 aromatic heterocycles. The molecule has 0 aliphatic heterocycles. The molecule has 0 aliphatic carbocycles. The number of nitriles is 1. The van der Waals surface area contributed by atoms with Gasteiger partial charge >= 0.3 is 0 Å². The van der Waals surface area contributed by atoms with Gasteiger partial charge in [-0.05, 0) is 31.9 Å². The van der Waals surface area contributed by atoms with Crippen molar-refractivity contribution in [3.8, 4) is 6.07 Å². The van der Waals surface area contributed by atoms with E-state index in [4.69, 9.17) is 0 Å². The highest BCUT2D eigenvalue weighted by Gasteiger charge is 2.44. The maximum atomic E-state index is 12.8. The monoisotopic (exact) mass is 320 g/mol. The van der Waals surface area contributed by atoms with Gasteiger partial charge in [-0.3, -0.25) is 4.79 Å². The SMILES string of the molecule is CC(C(=O)NC(C)(C)C)C(C#N)(c1ccccc1)c1ccccc1. The van der Waals surface area contributed by atoms with Crippen LogP contribution in [0.4, 0.5) is 0 Å². The van der Waals surface area contributed by atoms with E-state index < -0.39 is 11.3 Å². The number of carbonyl (C=O) groups is 1. The minimum absolute atomic E-state index is 0.128. The first kappa shape index (κ1) is 17.7. The molecule has 0 aliphatic rings. The number of amides is 1. The van der Waals surface area contributed by atoms with Gasteiger partial charge in [0.2, 0.25) is 5.91 Å². The van der Waals surface area contributed by atoms with Crippen LogP contribution in [0.5, 0.6) is 0 Å². The molecular weight excluding hydrogens is 296 g/mol. The minimum atomic E-state index is -1.03. The van der Waals surface area contributed by atoms with Gasteiger partial charge in [0.15, 0.2) is 0 Å². The summed E-state index contributed by atoms with van der Waals surface area (Å²) in [5.74, 6) is -0.664. The Morgan fingerprint density at radius 1 is 0.958 bits per heavy atom. The average Bonchev–Trinajstić information content (AvgIpc) is 2.56. The number of carbonyl (C=O) groups excluding carboxylic acids is 1. The zero-order valence-corrected chi connectivity index (χ0v) is 14.7. The van der Waals surface area contributed by atoms with Crippen molar-refractivity contribution in [1.82, 2.24) is 5.32 Å². The third-order valence-electron chi connectivity index (χ3n) is 4.18. The van der Waals surface area contributed by atoms with E-state index in [1.165, 1.54) is 0 Å². The molecule has 1 N–H and O–H groups in total. The summed E-state index contributed by atoms with van der Waals surface area (Å²) in [6.07, 6.45) is 0. The summed E-state index contributed by atoms with van der Waals surface area (Å²) in [6.45, 7) is 7.65. The summed E-state index contributed by atoms with van der Waals surface area (Å²) < 4.78 is 0. The number of nitrogens with one attached hydrogen (secondary N) is 1. The highest BCUT2D eigenvalue weighted by Crippen LogP contribution is 2.39. The molecule has 24 heavy (non-hydrogen) atoms. The van der Waals surface area contributed by atoms with Gasteiger partial charge in [0.05, 0.1) is 12.0 Å². The number of nitrogens with zero attached hydrogens (tertiary/aromatic N) is 1. The smallest absolute Gasteiger partial charge is 0.225 e. The second kappa shape index (κ2) is 6.88. The summed E-state index contributed by atoms with van der Waals surface area (Å²) in [7, 11) is 0. The molecular formula is C21H24N2O. The van der Waals surface area contributed by atoms with E-state index in [9.17, 15) is 10.1 Å². The Hall–Kier alpha value is -2.60. The summed E-state index contributed by atoms with van der Waals surface area (Å²) in [4.78, 5) is 12.8. The molecule has 124 valence electrons. The van der Waals surface area contributed by atoms with E-state index in [0.29, 0.717) is 0 Å². The lowest BCUT2D eigenvalue weighted by Gasteiger charge is -2.35. The van der Waals surface area contributed by atoms with Crippen molar-refractivity contribution in [3.05, 3.63) is 71.8 Å². The van der Waals surface area contributed by atoms with Gasteiger partial charge in [-0.1, -0.05) is 67.6 Å². The Morgan fingerprint density at radius 2 is 1.38 bits per heavy atom. The third-order valence-corrected chi connectivity index (χ3v) is 4.18. The van der Waals surface area contributed by atoms with Crippen LogP contribution in [0.1, 0.15) is 38.8 Å². The number of benzene rings is 2. The van der Waals surface area contributed by atoms with Crippen LogP contribution in [0, 0.1) is 17.2 Å². The molecule has 0 spiro atoms. The molecule has 1 amide bonds. The first-order valence-corrected chi connectivity index (χ1v) is 8.15. The van der Waals surface area contributed by atoms with Gasteiger partial charge in [0.25, 0.3) is 0 Å². The first-order valence-electron chi connectivity index (χ1n) is 8.15. The van der Waals surface area contributed by atoms with E-state index in [1.54, 1.807) is 0 Å². The van der Waals surface area contributed by atoms with Crippen LogP contribution in [0.15, 0.2) is 60.7 Å². The van der Waals surface area contributed by atoms with Crippen LogP contribution in [-0.4, -0.2) is 11.4 Å². The normalized spacial score (nSPS) is 13.0. The van der Waals surface area contributed by atoms with Crippen LogP contribution in [0.25, 0.3) is 0 Å². The van der Waals surface area contributed by atoms with E-state index >= 15 is 0 Å². The standard InChI is InChI=1S/C21H24N2O/c1-16(19(24)23-20(2,3)4)21(15-22,17-11-7-5-8-12-17)18-13-9-6-10-14-18/h5-14,16H,1-4H3,(H,23,24). The topological polar surface area (TPSA) is 52.9 Å². The van der Waals surface area contributed by atoms with Crippen molar-refractivity contribution in [2.75, 3.05) is 0 Å². The summed E-state index contributed by atoms with van der Waals surface area (Å²) in [6, 6.07) is 21.5. The average molecular weight is 320 g/mol. The van der Waals surface area contributed by atoms with Gasteiger partial charge in [0.1, 0.15) is 5.41 Å². The van der Waals surface area contributed by atoms with Gasteiger partial charge in [-0.15, -0.1) is 0 Å². The molecule has 2 rings (SSSR count). The zero-order chi connectivity index (χ0) is 17.8. The lowest BCUT2D eigenvalue weighted by atomic mass is 9.67. The largest absolute Gasteiger partial charge is 0.351 e. The first-order chi connectivity index (χ1) is 11.3. The fourth-order valence-corrected chi connectivity index (χ4v) is 2.97. The Morgan fingerprint density at radius 3 is 1.71 bits per heavy atom. The van der Waals surface area contributed by atoms with Crippen LogP contribution in [0.2, 0.25) is 0 Å². The van der Waals surface area contributed by atoms with Crippen LogP contribution in [0.3, 0.4) is 0 Å². The fourth-order valence-electron chi connectivity index (χ4n) is 2.97. The maximum absolute atomic E-state index is 12.8. The second-order valence-corrected chi connectivity index (χ2v) is 7.11. The lowest BCUT2D eigenvalue weighted by molar-refractivity contribution is -0.127. The third kappa shape index (κ3) is 3.49. The maximum Gasteiger partial charge on any atom is 0.225 e. The molecule has 2 aromatic rings. The van der Waals surface area contributed by atoms with Gasteiger partial charge in [-0.25, -0.2) is 0 Å². The molecule has 1 atom stereocenters. The summed E-state index contributed by atoms with van der Waals surface area (Å²) >= 11 is 0. The fraction of sp³-hybridized carbons (Fsp3) is 0.333. The molecule has 0 heterocycles. The highest BCUT2D eigenvalue weighted by atomic mass is 16.2. The van der Waals surface area contributed by atoms with Crippen molar-refractivity contribution in [2.45, 2.75) is 38.6 Å². The molecule has 0 saturated carbocycles. The quantitative estimate of drug-likeness (QED) is 0.924. The van der Waals surface area contributed by atoms with Crippen LogP contribution < -0.4 is 5.32 Å². The van der Waals surface area contributed by atoms with Crippen molar-refractivity contribution >= 4 is 5.91 Å². The van der Waals surface area contributed by atoms with Gasteiger partial charge in [-0.2, -0.15) is 5.26 Å². The zero-order valence-electron chi connectivity index (χ0n) is 14.7. The van der Waals surface area contributed by atoms with Crippen molar-refractivity contribution in [2.24, 2.45) is 5.92 Å². The van der Waals surface area contributed by atoms with Crippen molar-refractivity contribution in [3.63, 3.8) is 0 Å². The molecule has 0 saturated heterocycles. The number of rotatable bonds is 4. The highest BCUT2D eigenvalue weighted by molar-refractivity contribution is 5.82. The van der Waals surface area contributed by atoms with Gasteiger partial charge < -0.3 is 5.32 Å². The van der Waals surface area contributed by atoms with E-state index in [1.807, 2.05) is 88.4 Å². The van der Waals surface area contributed by atoms with Crippen LogP contribution >= 0.6 is 0 Å². The molecule has 2 aromatic carbocycles. The van der Waals surface area contributed by atoms with Gasteiger partial charge in [0, 0.05) is 5.54 Å². The minimum Gasteiger partial charge on any atom is -0.351 e. The predicted molar refractivity (Wildman–Crippen MR) is 96.3 cm³/mol. The Kier molecular flexibility index (Phi) is 5.09. The van der Waals surface area contributed by atoms with E-state index in [0.717, 1.165) is 11.1 Å². The lowest BCUT2D eigenvalue weighted by Crippen LogP contribution is -2.49. The second-order valence-electron chi connectivity index (χ2n) is 7.11. The predicted octanol–water partition coefficient (Wildman–Crippen LogP) is 4.05. The molecule has 0 bridgehead atoms. The summed E-state index contributed by atoms with van der Waals surface area (Å²) in [5, 5.41) is 13.2. The molecule has 3 heteroatoms. The Labute approximate surface area is 144 Å². The Bertz CT molecular complexity index is 684. The van der Waals surface area contributed by atoms with E-state index in [-0.39, 0.29) is 11.4 Å². The molecule has 0 fully saturated rings. The summed E-state index contributed by atoms with van der Waals surface area (Å²) in [5.41, 5.74) is 0.281. The molecule has 1 unspecified atom stereocenters. The Balaban J connectivity index is 2.60. The number of hydrogen-bond donors (Lipinski definition) is 1. The molecule has 3 nitrogen and oxygen atoms in total. The van der Waals surface area contributed by atoms with Crippen molar-refractivity contribution < 1.29 is 4.79 Å². The van der Waals surface area contributed by atoms with Crippen molar-refractivity contribution in [1.29, 1.82) is 5.26 Å². The van der Waals surface area contributed by atoms with Crippen LogP contribution in [-0.2, 0) is 10.2 Å². The number of hydrogen-bond acceptors (Lipinski definition) is 2. The molecule has 0 radical (unpaired) electrons. The van der Waals surface area contributed by atoms with E-state index in [2.05, 4.69) is 11.4 Å².